The fourth-order valence-electron chi connectivity index (χ4n) is 3.56. The van der Waals surface area contributed by atoms with E-state index in [1.807, 2.05) is 19.9 Å². The second-order valence-corrected chi connectivity index (χ2v) is 9.84. The minimum absolute atomic E-state index is 0.0979. The van der Waals surface area contributed by atoms with Crippen molar-refractivity contribution < 1.29 is 31.6 Å². The Balaban J connectivity index is 1.72. The van der Waals surface area contributed by atoms with Crippen LogP contribution in [0.2, 0.25) is 0 Å². The number of anilines is 6. The summed E-state index contributed by atoms with van der Waals surface area (Å²) >= 11 is 0. The molecule has 0 spiro atoms. The Labute approximate surface area is 229 Å². The molecule has 0 aliphatic carbocycles. The maximum absolute atomic E-state index is 14.3. The lowest BCUT2D eigenvalue weighted by atomic mass is 10.1. The van der Waals surface area contributed by atoms with Gasteiger partial charge in [-0.2, -0.15) is 32.2 Å². The molecule has 1 aromatic heterocycles. The molecule has 41 heavy (non-hydrogen) atoms. The predicted molar refractivity (Wildman–Crippen MR) is 142 cm³/mol. The summed E-state index contributed by atoms with van der Waals surface area (Å²) in [6.45, 7) is 3.76. The lowest BCUT2D eigenvalue weighted by molar-refractivity contribution is -0.395. The average Bonchev–Trinajstić information content (AvgIpc) is 2.85. The van der Waals surface area contributed by atoms with E-state index in [9.17, 15) is 42.0 Å². The second-order valence-electron chi connectivity index (χ2n) is 8.45. The van der Waals surface area contributed by atoms with Gasteiger partial charge >= 0.3 is 11.8 Å². The summed E-state index contributed by atoms with van der Waals surface area (Å²) in [4.78, 5) is 30.6. The molecule has 0 saturated heterocycles. The fourth-order valence-corrected chi connectivity index (χ4v) is 4.19. The Morgan fingerprint density at radius 3 is 1.98 bits per heavy atom. The van der Waals surface area contributed by atoms with Gasteiger partial charge < -0.3 is 16.0 Å². The number of halogens is 2. The molecule has 0 aliphatic rings. The third kappa shape index (κ3) is 6.62. The van der Waals surface area contributed by atoms with E-state index < -0.39 is 65.5 Å². The predicted octanol–water partition coefficient (Wildman–Crippen LogP) is 5.06. The summed E-state index contributed by atoms with van der Waals surface area (Å²) in [5, 5.41) is 30.1. The van der Waals surface area contributed by atoms with Gasteiger partial charge in [-0.1, -0.05) is 6.07 Å². The van der Waals surface area contributed by atoms with E-state index in [2.05, 4.69) is 30.9 Å². The Morgan fingerprint density at radius 2 is 1.37 bits per heavy atom. The molecule has 212 valence electrons. The molecule has 4 aromatic rings. The molecule has 3 aromatic carbocycles. The number of nitrogens with one attached hydrogen (secondary N) is 3. The van der Waals surface area contributed by atoms with Crippen LogP contribution in [0.15, 0.2) is 53.4 Å². The van der Waals surface area contributed by atoms with Gasteiger partial charge in [0.1, 0.15) is 10.6 Å². The number of nitrogens with zero attached hydrogens (tertiary/aromatic N) is 5. The average molecular weight is 589 g/mol. The maximum Gasteiger partial charge on any atom is 0.315 e. The molecule has 0 fully saturated rings. The molecule has 15 nitrogen and oxygen atoms in total. The van der Waals surface area contributed by atoms with Crippen LogP contribution in [-0.2, 0) is 10.1 Å². The van der Waals surface area contributed by atoms with Crippen LogP contribution in [0.5, 0.6) is 0 Å². The molecule has 0 saturated carbocycles. The summed E-state index contributed by atoms with van der Waals surface area (Å²) < 4.78 is 62.1. The van der Waals surface area contributed by atoms with Crippen LogP contribution < -0.4 is 16.0 Å². The first kappa shape index (κ1) is 28.6. The zero-order valence-electron chi connectivity index (χ0n) is 20.9. The van der Waals surface area contributed by atoms with Crippen molar-refractivity contribution in [2.45, 2.75) is 18.7 Å². The van der Waals surface area contributed by atoms with Crippen LogP contribution in [0.4, 0.5) is 54.8 Å². The Bertz CT molecular complexity index is 1820. The Hall–Kier alpha value is -5.36. The Morgan fingerprint density at radius 1 is 0.756 bits per heavy atom. The van der Waals surface area contributed by atoms with E-state index in [1.165, 1.54) is 0 Å². The summed E-state index contributed by atoms with van der Waals surface area (Å²) in [6, 6.07) is 9.18. The van der Waals surface area contributed by atoms with Gasteiger partial charge in [-0.3, -0.25) is 24.8 Å². The van der Waals surface area contributed by atoms with Crippen LogP contribution in [0.1, 0.15) is 11.1 Å². The lowest BCUT2D eigenvalue weighted by Crippen LogP contribution is -2.09. The topological polar surface area (TPSA) is 215 Å². The number of rotatable bonds is 9. The van der Waals surface area contributed by atoms with Crippen molar-refractivity contribution in [2.24, 2.45) is 0 Å². The smallest absolute Gasteiger partial charge is 0.315 e. The number of benzene rings is 3. The van der Waals surface area contributed by atoms with Gasteiger partial charge in [0.2, 0.25) is 17.7 Å². The van der Waals surface area contributed by atoms with E-state index in [0.717, 1.165) is 29.3 Å². The number of aryl methyl sites for hydroxylation is 2. The molecule has 0 atom stereocenters. The quantitative estimate of drug-likeness (QED) is 0.114. The molecule has 0 aliphatic heterocycles. The lowest BCUT2D eigenvalue weighted by Gasteiger charge is -2.14. The van der Waals surface area contributed by atoms with E-state index in [-0.39, 0.29) is 11.6 Å². The van der Waals surface area contributed by atoms with Gasteiger partial charge in [0.15, 0.2) is 0 Å². The van der Waals surface area contributed by atoms with Crippen molar-refractivity contribution >= 4 is 56.1 Å². The summed E-state index contributed by atoms with van der Waals surface area (Å²) in [6.07, 6.45) is -1.24. The first-order chi connectivity index (χ1) is 19.2. The zero-order chi connectivity index (χ0) is 30.1. The largest absolute Gasteiger partial charge is 0.350 e. The summed E-state index contributed by atoms with van der Waals surface area (Å²) in [5.74, 6) is -2.11. The first-order valence-corrected chi connectivity index (χ1v) is 12.7. The normalized spacial score (nSPS) is 11.1. The fraction of sp³-hybridized carbons (Fsp3) is 0.0870. The number of aromatic nitrogens is 3. The third-order valence-electron chi connectivity index (χ3n) is 5.61. The van der Waals surface area contributed by atoms with Crippen LogP contribution in [0, 0.1) is 46.0 Å². The van der Waals surface area contributed by atoms with E-state index in [4.69, 9.17) is 0 Å². The maximum atomic E-state index is 14.3. The van der Waals surface area contributed by atoms with Crippen molar-refractivity contribution in [3.63, 3.8) is 0 Å². The van der Waals surface area contributed by atoms with Crippen LogP contribution in [-0.4, -0.2) is 37.8 Å². The van der Waals surface area contributed by atoms with Crippen molar-refractivity contribution in [2.75, 3.05) is 16.0 Å². The Kier molecular flexibility index (Phi) is 7.70. The highest BCUT2D eigenvalue weighted by molar-refractivity contribution is 7.86. The van der Waals surface area contributed by atoms with Crippen LogP contribution in [0.25, 0.3) is 0 Å². The molecule has 0 unspecified atom stereocenters. The van der Waals surface area contributed by atoms with Crippen molar-refractivity contribution in [1.29, 1.82) is 0 Å². The van der Waals surface area contributed by atoms with Gasteiger partial charge in [0, 0.05) is 17.4 Å². The standard InChI is InChI=1S/C23H18F2N8O7S/c1-11-3-4-13(7-12(11)2)27-22-29-21(25)30-23(31-22)28-17-8-14(5-6-20(17)41(38,39)40)26-16-9-15(24)18(32(34)35)10-19(16)33(36)37/h3-10,26H,1-2H3,(H,38,39,40)(H2,27,28,29,30,31). The molecule has 18 heteroatoms. The molecule has 0 radical (unpaired) electrons. The van der Waals surface area contributed by atoms with Gasteiger partial charge in [-0.25, -0.2) is 0 Å². The highest BCUT2D eigenvalue weighted by Crippen LogP contribution is 2.35. The molecule has 4 N–H and O–H groups in total. The van der Waals surface area contributed by atoms with Gasteiger partial charge in [-0.05, 0) is 55.3 Å². The van der Waals surface area contributed by atoms with E-state index in [0.29, 0.717) is 17.8 Å². The number of nitro benzene ring substituents is 2. The highest BCUT2D eigenvalue weighted by Gasteiger charge is 2.25. The van der Waals surface area contributed by atoms with Crippen LogP contribution >= 0.6 is 0 Å². The van der Waals surface area contributed by atoms with Crippen molar-refractivity contribution in [3.05, 3.63) is 91.8 Å². The summed E-state index contributed by atoms with van der Waals surface area (Å²) in [7, 11) is -4.88. The molecule has 4 rings (SSSR count). The molecule has 0 amide bonds. The summed E-state index contributed by atoms with van der Waals surface area (Å²) in [5.41, 5.74) is -0.544. The SMILES string of the molecule is Cc1ccc(Nc2nc(F)nc(Nc3cc(Nc4cc(F)c([N+](=O)[O-])cc4[N+](=O)[O-])ccc3S(=O)(=O)O)n2)cc1C. The minimum Gasteiger partial charge on any atom is -0.350 e. The second kappa shape index (κ2) is 11.0. The van der Waals surface area contributed by atoms with E-state index in [1.54, 1.807) is 12.1 Å². The van der Waals surface area contributed by atoms with Gasteiger partial charge in [0.05, 0.1) is 21.6 Å². The van der Waals surface area contributed by atoms with Crippen molar-refractivity contribution in [3.8, 4) is 0 Å². The first-order valence-electron chi connectivity index (χ1n) is 11.2. The minimum atomic E-state index is -4.88. The van der Waals surface area contributed by atoms with Crippen LogP contribution in [0.3, 0.4) is 0 Å². The molecule has 1 heterocycles. The van der Waals surface area contributed by atoms with Gasteiger partial charge in [-0.15, -0.1) is 0 Å². The number of hydrogen-bond acceptors (Lipinski definition) is 12. The zero-order valence-corrected chi connectivity index (χ0v) is 21.7. The monoisotopic (exact) mass is 588 g/mol. The molecular formula is C23H18F2N8O7S. The molecular weight excluding hydrogens is 570 g/mol. The number of hydrogen-bond donors (Lipinski definition) is 4. The van der Waals surface area contributed by atoms with E-state index >= 15 is 0 Å². The number of nitro groups is 2. The highest BCUT2D eigenvalue weighted by atomic mass is 32.2. The molecule has 0 bridgehead atoms. The third-order valence-corrected chi connectivity index (χ3v) is 6.52. The van der Waals surface area contributed by atoms with Gasteiger partial charge in [0.25, 0.3) is 15.8 Å². The van der Waals surface area contributed by atoms with Crippen molar-refractivity contribution in [1.82, 2.24) is 15.0 Å².